The molecule has 4 heteroatoms. The monoisotopic (exact) mass is 250 g/mol. The molecule has 0 aliphatic carbocycles. The van der Waals surface area contributed by atoms with Crippen molar-refractivity contribution in [3.8, 4) is 0 Å². The van der Waals surface area contributed by atoms with Crippen LogP contribution in [0.3, 0.4) is 0 Å². The third-order valence-electron chi connectivity index (χ3n) is 3.30. The van der Waals surface area contributed by atoms with E-state index in [1.54, 1.807) is 4.90 Å². The standard InChI is InChI=1S/C15H10N2O2/c18-14-9-10-5-1-3-7-12(10)17(14)15-16-11-6-2-4-8-13(11)19-15/h1-8H,9H2. The van der Waals surface area contributed by atoms with Crippen molar-refractivity contribution in [1.29, 1.82) is 0 Å². The van der Waals surface area contributed by atoms with Gasteiger partial charge in [0.05, 0.1) is 12.1 Å². The molecule has 0 atom stereocenters. The molecular formula is C15H10N2O2. The third-order valence-corrected chi connectivity index (χ3v) is 3.30. The van der Waals surface area contributed by atoms with Crippen LogP contribution in [0.1, 0.15) is 5.56 Å². The van der Waals surface area contributed by atoms with Gasteiger partial charge in [0, 0.05) is 0 Å². The molecule has 1 aromatic heterocycles. The lowest BCUT2D eigenvalue weighted by atomic mass is 10.2. The van der Waals surface area contributed by atoms with Gasteiger partial charge in [-0.05, 0) is 23.8 Å². The average molecular weight is 250 g/mol. The van der Waals surface area contributed by atoms with Crippen molar-refractivity contribution < 1.29 is 9.21 Å². The van der Waals surface area contributed by atoms with Gasteiger partial charge in [0.15, 0.2) is 5.58 Å². The van der Waals surface area contributed by atoms with E-state index in [0.717, 1.165) is 16.8 Å². The summed E-state index contributed by atoms with van der Waals surface area (Å²) in [7, 11) is 0. The van der Waals surface area contributed by atoms with Crippen LogP contribution in [-0.4, -0.2) is 10.9 Å². The zero-order valence-electron chi connectivity index (χ0n) is 10.0. The SMILES string of the molecule is O=C1Cc2ccccc2N1c1nc2ccccc2o1. The highest BCUT2D eigenvalue weighted by molar-refractivity contribution is 6.06. The van der Waals surface area contributed by atoms with E-state index in [-0.39, 0.29) is 5.91 Å². The van der Waals surface area contributed by atoms with E-state index in [4.69, 9.17) is 4.42 Å². The molecule has 3 aromatic rings. The summed E-state index contributed by atoms with van der Waals surface area (Å²) in [4.78, 5) is 18.1. The highest BCUT2D eigenvalue weighted by atomic mass is 16.4. The Kier molecular flexibility index (Phi) is 2.00. The van der Waals surface area contributed by atoms with Gasteiger partial charge in [-0.3, -0.25) is 4.79 Å². The van der Waals surface area contributed by atoms with E-state index < -0.39 is 0 Å². The van der Waals surface area contributed by atoms with Crippen LogP contribution in [0.5, 0.6) is 0 Å². The lowest BCUT2D eigenvalue weighted by Crippen LogP contribution is -2.20. The second-order valence-corrected chi connectivity index (χ2v) is 4.50. The van der Waals surface area contributed by atoms with Crippen molar-refractivity contribution in [2.45, 2.75) is 6.42 Å². The lowest BCUT2D eigenvalue weighted by molar-refractivity contribution is -0.116. The van der Waals surface area contributed by atoms with E-state index in [1.807, 2.05) is 48.5 Å². The zero-order valence-corrected chi connectivity index (χ0v) is 10.0. The minimum absolute atomic E-state index is 0.00671. The Morgan fingerprint density at radius 1 is 1.05 bits per heavy atom. The number of rotatable bonds is 1. The zero-order chi connectivity index (χ0) is 12.8. The van der Waals surface area contributed by atoms with Gasteiger partial charge in [0.25, 0.3) is 0 Å². The predicted octanol–water partition coefficient (Wildman–Crippen LogP) is 3.05. The van der Waals surface area contributed by atoms with Gasteiger partial charge in [-0.15, -0.1) is 0 Å². The first kappa shape index (κ1) is 10.3. The van der Waals surface area contributed by atoms with Gasteiger partial charge in [-0.25, -0.2) is 4.90 Å². The number of para-hydroxylation sites is 3. The van der Waals surface area contributed by atoms with Gasteiger partial charge in [-0.1, -0.05) is 30.3 Å². The molecule has 1 aliphatic rings. The van der Waals surface area contributed by atoms with Crippen LogP contribution in [0.25, 0.3) is 11.1 Å². The molecule has 0 radical (unpaired) electrons. The smallest absolute Gasteiger partial charge is 0.310 e. The molecule has 19 heavy (non-hydrogen) atoms. The summed E-state index contributed by atoms with van der Waals surface area (Å²) in [6, 6.07) is 15.6. The quantitative estimate of drug-likeness (QED) is 0.666. The van der Waals surface area contributed by atoms with Crippen LogP contribution in [0, 0.1) is 0 Å². The van der Waals surface area contributed by atoms with Crippen LogP contribution in [0.15, 0.2) is 52.9 Å². The maximum Gasteiger partial charge on any atom is 0.310 e. The van der Waals surface area contributed by atoms with Crippen molar-refractivity contribution in [3.05, 3.63) is 54.1 Å². The Hall–Kier alpha value is -2.62. The summed E-state index contributed by atoms with van der Waals surface area (Å²) >= 11 is 0. The van der Waals surface area contributed by atoms with E-state index in [0.29, 0.717) is 18.0 Å². The Morgan fingerprint density at radius 3 is 2.74 bits per heavy atom. The second kappa shape index (κ2) is 3.68. The van der Waals surface area contributed by atoms with Crippen molar-refractivity contribution in [1.82, 2.24) is 4.98 Å². The van der Waals surface area contributed by atoms with Crippen LogP contribution in [-0.2, 0) is 11.2 Å². The number of anilines is 2. The number of amides is 1. The number of hydrogen-bond acceptors (Lipinski definition) is 3. The fraction of sp³-hybridized carbons (Fsp3) is 0.0667. The number of aromatic nitrogens is 1. The normalized spacial score (nSPS) is 14.1. The van der Waals surface area contributed by atoms with E-state index in [2.05, 4.69) is 4.98 Å². The van der Waals surface area contributed by atoms with Crippen molar-refractivity contribution in [2.75, 3.05) is 4.90 Å². The molecule has 0 N–H and O–H groups in total. The third kappa shape index (κ3) is 1.46. The molecule has 1 amide bonds. The second-order valence-electron chi connectivity index (χ2n) is 4.50. The molecule has 0 spiro atoms. The van der Waals surface area contributed by atoms with E-state index in [1.165, 1.54) is 0 Å². The molecule has 0 saturated heterocycles. The van der Waals surface area contributed by atoms with Crippen LogP contribution in [0.4, 0.5) is 11.7 Å². The predicted molar refractivity (Wildman–Crippen MR) is 71.3 cm³/mol. The fourth-order valence-corrected chi connectivity index (χ4v) is 2.42. The highest BCUT2D eigenvalue weighted by Gasteiger charge is 2.31. The number of carbonyl (C=O) groups is 1. The topological polar surface area (TPSA) is 46.3 Å². The number of benzene rings is 2. The molecule has 2 heterocycles. The number of oxazole rings is 1. The first-order valence-electron chi connectivity index (χ1n) is 6.09. The number of nitrogens with zero attached hydrogens (tertiary/aromatic N) is 2. The summed E-state index contributed by atoms with van der Waals surface area (Å²) in [6.45, 7) is 0. The fourth-order valence-electron chi connectivity index (χ4n) is 2.42. The largest absolute Gasteiger partial charge is 0.423 e. The van der Waals surface area contributed by atoms with Crippen molar-refractivity contribution >= 4 is 28.7 Å². The van der Waals surface area contributed by atoms with Crippen LogP contribution in [0.2, 0.25) is 0 Å². The van der Waals surface area contributed by atoms with Gasteiger partial charge in [-0.2, -0.15) is 4.98 Å². The Bertz CT molecular complexity index is 758. The van der Waals surface area contributed by atoms with Crippen molar-refractivity contribution in [2.24, 2.45) is 0 Å². The lowest BCUT2D eigenvalue weighted by Gasteiger charge is -2.11. The number of carbonyl (C=O) groups excluding carboxylic acids is 1. The van der Waals surface area contributed by atoms with Crippen molar-refractivity contribution in [3.63, 3.8) is 0 Å². The summed E-state index contributed by atoms with van der Waals surface area (Å²) in [5.74, 6) is -0.00671. The minimum Gasteiger partial charge on any atom is -0.423 e. The average Bonchev–Trinajstić information content (AvgIpc) is 2.97. The Labute approximate surface area is 109 Å². The summed E-state index contributed by atoms with van der Waals surface area (Å²) in [5.41, 5.74) is 3.32. The Balaban J connectivity index is 1.90. The summed E-state index contributed by atoms with van der Waals surface area (Å²) < 4.78 is 5.67. The molecule has 1 aliphatic heterocycles. The maximum absolute atomic E-state index is 12.1. The molecular weight excluding hydrogens is 240 g/mol. The molecule has 0 bridgehead atoms. The summed E-state index contributed by atoms with van der Waals surface area (Å²) in [6.07, 6.45) is 0.398. The first-order valence-corrected chi connectivity index (χ1v) is 6.09. The number of fused-ring (bicyclic) bond motifs is 2. The van der Waals surface area contributed by atoms with Gasteiger partial charge in [0.2, 0.25) is 5.91 Å². The molecule has 4 rings (SSSR count). The molecule has 0 fully saturated rings. The number of hydrogen-bond donors (Lipinski definition) is 0. The van der Waals surface area contributed by atoms with Crippen LogP contribution >= 0.6 is 0 Å². The Morgan fingerprint density at radius 2 is 1.84 bits per heavy atom. The minimum atomic E-state index is -0.00671. The van der Waals surface area contributed by atoms with Crippen LogP contribution < -0.4 is 4.90 Å². The summed E-state index contributed by atoms with van der Waals surface area (Å²) in [5, 5.41) is 0. The van der Waals surface area contributed by atoms with E-state index >= 15 is 0 Å². The van der Waals surface area contributed by atoms with E-state index in [9.17, 15) is 4.79 Å². The molecule has 4 nitrogen and oxygen atoms in total. The maximum atomic E-state index is 12.1. The highest BCUT2D eigenvalue weighted by Crippen LogP contribution is 2.35. The molecule has 0 saturated carbocycles. The first-order chi connectivity index (χ1) is 9.33. The molecule has 0 unspecified atom stereocenters. The van der Waals surface area contributed by atoms with Gasteiger partial charge < -0.3 is 4.42 Å². The van der Waals surface area contributed by atoms with Gasteiger partial charge >= 0.3 is 6.01 Å². The molecule has 2 aromatic carbocycles. The molecule has 92 valence electrons. The van der Waals surface area contributed by atoms with Gasteiger partial charge in [0.1, 0.15) is 5.52 Å².